The second-order valence-corrected chi connectivity index (χ2v) is 5.88. The predicted molar refractivity (Wildman–Crippen MR) is 84.0 cm³/mol. The molecule has 0 aliphatic rings. The van der Waals surface area contributed by atoms with Gasteiger partial charge in [-0.25, -0.2) is 0 Å². The van der Waals surface area contributed by atoms with E-state index in [0.29, 0.717) is 0 Å². The van der Waals surface area contributed by atoms with Gasteiger partial charge in [0.05, 0.1) is 0 Å². The summed E-state index contributed by atoms with van der Waals surface area (Å²) in [6.07, 6.45) is 0.550. The van der Waals surface area contributed by atoms with Gasteiger partial charge in [0.25, 0.3) is 0 Å². The Morgan fingerprint density at radius 3 is 2.55 bits per heavy atom. The molecule has 0 spiro atoms. The zero-order valence-corrected chi connectivity index (χ0v) is 13.6. The molecular weight excluding hydrogens is 318 g/mol. The van der Waals surface area contributed by atoms with Crippen LogP contribution in [0.1, 0.15) is 36.5 Å². The molecule has 20 heavy (non-hydrogen) atoms. The van der Waals surface area contributed by atoms with Crippen molar-refractivity contribution in [3.05, 3.63) is 51.9 Å². The van der Waals surface area contributed by atoms with E-state index in [4.69, 9.17) is 14.9 Å². The molecule has 1 aromatic carbocycles. The highest BCUT2D eigenvalue weighted by Crippen LogP contribution is 2.30. The molecule has 2 unspecified atom stereocenters. The number of furan rings is 1. The first-order valence-electron chi connectivity index (χ1n) is 6.76. The van der Waals surface area contributed by atoms with Gasteiger partial charge in [-0.05, 0) is 56.2 Å². The molecule has 0 saturated heterocycles. The van der Waals surface area contributed by atoms with Crippen molar-refractivity contribution in [3.8, 4) is 5.75 Å². The fraction of sp³-hybridized carbons (Fsp3) is 0.375. The van der Waals surface area contributed by atoms with Crippen LogP contribution in [0.25, 0.3) is 0 Å². The van der Waals surface area contributed by atoms with Crippen molar-refractivity contribution < 1.29 is 9.15 Å². The minimum absolute atomic E-state index is 0.108. The van der Waals surface area contributed by atoms with Crippen LogP contribution in [0.4, 0.5) is 0 Å². The Hall–Kier alpha value is -1.26. The van der Waals surface area contributed by atoms with Crippen LogP contribution in [0.15, 0.2) is 39.2 Å². The molecule has 2 aromatic rings. The van der Waals surface area contributed by atoms with Crippen molar-refractivity contribution in [3.63, 3.8) is 0 Å². The maximum absolute atomic E-state index is 6.19. The van der Waals surface area contributed by atoms with Gasteiger partial charge in [-0.2, -0.15) is 0 Å². The molecule has 2 N–H and O–H groups in total. The Morgan fingerprint density at radius 2 is 2.00 bits per heavy atom. The molecular formula is C16H20BrNO2. The van der Waals surface area contributed by atoms with Crippen LogP contribution >= 0.6 is 15.9 Å². The molecule has 108 valence electrons. The van der Waals surface area contributed by atoms with Gasteiger partial charge < -0.3 is 14.9 Å². The fourth-order valence-electron chi connectivity index (χ4n) is 2.06. The summed E-state index contributed by atoms with van der Waals surface area (Å²) in [5.74, 6) is 2.47. The SMILES string of the molecule is CCC(N)C(Oc1ccc(Br)cc1C)c1ccc(C)o1. The third-order valence-corrected chi connectivity index (χ3v) is 3.79. The first-order valence-corrected chi connectivity index (χ1v) is 7.55. The van der Waals surface area contributed by atoms with E-state index in [1.54, 1.807) is 0 Å². The van der Waals surface area contributed by atoms with E-state index in [1.807, 2.05) is 51.1 Å². The van der Waals surface area contributed by atoms with Gasteiger partial charge in [-0.15, -0.1) is 0 Å². The summed E-state index contributed by atoms with van der Waals surface area (Å²) in [6, 6.07) is 9.70. The zero-order chi connectivity index (χ0) is 14.7. The molecule has 1 aromatic heterocycles. The lowest BCUT2D eigenvalue weighted by atomic mass is 10.1. The normalized spacial score (nSPS) is 14.1. The van der Waals surface area contributed by atoms with Gasteiger partial charge in [0.1, 0.15) is 17.3 Å². The lowest BCUT2D eigenvalue weighted by molar-refractivity contribution is 0.142. The van der Waals surface area contributed by atoms with Crippen LogP contribution < -0.4 is 10.5 Å². The van der Waals surface area contributed by atoms with E-state index in [9.17, 15) is 0 Å². The van der Waals surface area contributed by atoms with Crippen molar-refractivity contribution in [1.82, 2.24) is 0 Å². The van der Waals surface area contributed by atoms with Crippen molar-refractivity contribution >= 4 is 15.9 Å². The monoisotopic (exact) mass is 337 g/mol. The van der Waals surface area contributed by atoms with Crippen LogP contribution in [0.5, 0.6) is 5.75 Å². The number of aryl methyl sites for hydroxylation is 2. The average molecular weight is 338 g/mol. The maximum atomic E-state index is 6.19. The van der Waals surface area contributed by atoms with Gasteiger partial charge in [0.2, 0.25) is 0 Å². The Labute approximate surface area is 128 Å². The molecule has 3 nitrogen and oxygen atoms in total. The van der Waals surface area contributed by atoms with Gasteiger partial charge >= 0.3 is 0 Å². The van der Waals surface area contributed by atoms with Crippen LogP contribution in [0.3, 0.4) is 0 Å². The average Bonchev–Trinajstić information content (AvgIpc) is 2.83. The maximum Gasteiger partial charge on any atom is 0.171 e. The number of ether oxygens (including phenoxy) is 1. The lowest BCUT2D eigenvalue weighted by Gasteiger charge is -2.23. The standard InChI is InChI=1S/C16H20BrNO2/c1-4-13(18)16(15-7-5-11(3)19-15)20-14-8-6-12(17)9-10(14)2/h5-9,13,16H,4,18H2,1-3H3. The number of hydrogen-bond donors (Lipinski definition) is 1. The number of hydrogen-bond acceptors (Lipinski definition) is 3. The molecule has 0 bridgehead atoms. The number of benzene rings is 1. The van der Waals surface area contributed by atoms with Crippen LogP contribution in [0, 0.1) is 13.8 Å². The van der Waals surface area contributed by atoms with Crippen molar-refractivity contribution in [2.45, 2.75) is 39.3 Å². The largest absolute Gasteiger partial charge is 0.481 e. The van der Waals surface area contributed by atoms with E-state index < -0.39 is 0 Å². The summed E-state index contributed by atoms with van der Waals surface area (Å²) in [7, 11) is 0. The first-order chi connectivity index (χ1) is 9.51. The summed E-state index contributed by atoms with van der Waals surface area (Å²) in [5, 5.41) is 0. The minimum Gasteiger partial charge on any atom is -0.481 e. The van der Waals surface area contributed by atoms with Crippen LogP contribution in [-0.4, -0.2) is 6.04 Å². The van der Waals surface area contributed by atoms with E-state index in [2.05, 4.69) is 15.9 Å². The van der Waals surface area contributed by atoms with Crippen LogP contribution in [-0.2, 0) is 0 Å². The third-order valence-electron chi connectivity index (χ3n) is 3.29. The molecule has 0 radical (unpaired) electrons. The summed E-state index contributed by atoms with van der Waals surface area (Å²) in [4.78, 5) is 0. The highest BCUT2D eigenvalue weighted by atomic mass is 79.9. The highest BCUT2D eigenvalue weighted by Gasteiger charge is 2.24. The van der Waals surface area contributed by atoms with E-state index in [-0.39, 0.29) is 12.1 Å². The van der Waals surface area contributed by atoms with E-state index in [1.165, 1.54) is 0 Å². The molecule has 0 fully saturated rings. The Morgan fingerprint density at radius 1 is 1.25 bits per heavy atom. The third kappa shape index (κ3) is 3.44. The molecule has 4 heteroatoms. The molecule has 0 aliphatic carbocycles. The number of rotatable bonds is 5. The molecule has 2 atom stereocenters. The zero-order valence-electron chi connectivity index (χ0n) is 12.0. The van der Waals surface area contributed by atoms with Gasteiger partial charge in [-0.3, -0.25) is 0 Å². The molecule has 2 rings (SSSR count). The molecule has 0 aliphatic heterocycles. The van der Waals surface area contributed by atoms with Crippen LogP contribution in [0.2, 0.25) is 0 Å². The second kappa shape index (κ2) is 6.46. The Kier molecular flexibility index (Phi) is 4.89. The van der Waals surface area contributed by atoms with Crippen molar-refractivity contribution in [2.24, 2.45) is 5.73 Å². The molecule has 0 saturated carbocycles. The topological polar surface area (TPSA) is 48.4 Å². The number of halogens is 1. The van der Waals surface area contributed by atoms with Gasteiger partial charge in [0, 0.05) is 10.5 Å². The fourth-order valence-corrected chi connectivity index (χ4v) is 2.53. The summed E-state index contributed by atoms with van der Waals surface area (Å²) in [6.45, 7) is 5.98. The molecule has 1 heterocycles. The van der Waals surface area contributed by atoms with Gasteiger partial charge in [-0.1, -0.05) is 22.9 Å². The number of nitrogens with two attached hydrogens (primary N) is 1. The highest BCUT2D eigenvalue weighted by molar-refractivity contribution is 9.10. The van der Waals surface area contributed by atoms with Gasteiger partial charge in [0.15, 0.2) is 6.10 Å². The lowest BCUT2D eigenvalue weighted by Crippen LogP contribution is -2.31. The van der Waals surface area contributed by atoms with E-state index >= 15 is 0 Å². The van der Waals surface area contributed by atoms with Crippen molar-refractivity contribution in [2.75, 3.05) is 0 Å². The Bertz CT molecular complexity index is 580. The smallest absolute Gasteiger partial charge is 0.171 e. The first kappa shape index (κ1) is 15.1. The minimum atomic E-state index is -0.270. The quantitative estimate of drug-likeness (QED) is 0.872. The predicted octanol–water partition coefficient (Wildman–Crippen LogP) is 4.52. The summed E-state index contributed by atoms with van der Waals surface area (Å²) in [5.41, 5.74) is 7.26. The summed E-state index contributed by atoms with van der Waals surface area (Å²) < 4.78 is 12.8. The second-order valence-electron chi connectivity index (χ2n) is 4.97. The summed E-state index contributed by atoms with van der Waals surface area (Å²) >= 11 is 3.45. The Balaban J connectivity index is 2.28. The van der Waals surface area contributed by atoms with E-state index in [0.717, 1.165) is 33.7 Å². The van der Waals surface area contributed by atoms with Crippen molar-refractivity contribution in [1.29, 1.82) is 0 Å². The molecule has 0 amide bonds.